The van der Waals surface area contributed by atoms with E-state index in [2.05, 4.69) is 16.5 Å². The van der Waals surface area contributed by atoms with Crippen molar-refractivity contribution in [1.29, 1.82) is 0 Å². The standard InChI is InChI=1S/C19H22N2O3/c1-13-5-6-14(2)17(11-13)24-12-15-7-9-16(10-8-15)18(21-23-4)19(22)20-3/h5-11H,12H2,1-4H3,(H,20,22)/b21-18+. The Kier molecular flexibility index (Phi) is 5.95. The number of carbonyl (C=O) groups is 1. The Morgan fingerprint density at radius 2 is 1.83 bits per heavy atom. The van der Waals surface area contributed by atoms with Crippen molar-refractivity contribution in [2.75, 3.05) is 14.2 Å². The van der Waals surface area contributed by atoms with Gasteiger partial charge in [0, 0.05) is 12.6 Å². The van der Waals surface area contributed by atoms with Crippen LogP contribution in [0.4, 0.5) is 0 Å². The number of likely N-dealkylation sites (N-methyl/N-ethyl adjacent to an activating group) is 1. The average molecular weight is 326 g/mol. The van der Waals surface area contributed by atoms with Crippen LogP contribution in [0.25, 0.3) is 0 Å². The number of nitrogens with zero attached hydrogens (tertiary/aromatic N) is 1. The third-order valence-corrected chi connectivity index (χ3v) is 3.59. The van der Waals surface area contributed by atoms with E-state index in [4.69, 9.17) is 9.57 Å². The summed E-state index contributed by atoms with van der Waals surface area (Å²) in [5.74, 6) is 0.585. The molecule has 0 heterocycles. The Labute approximate surface area is 142 Å². The maximum absolute atomic E-state index is 11.8. The zero-order valence-corrected chi connectivity index (χ0v) is 14.4. The fraction of sp³-hybridized carbons (Fsp3) is 0.263. The number of hydrogen-bond donors (Lipinski definition) is 1. The third-order valence-electron chi connectivity index (χ3n) is 3.59. The lowest BCUT2D eigenvalue weighted by Crippen LogP contribution is -2.28. The number of oxime groups is 1. The molecule has 5 heteroatoms. The summed E-state index contributed by atoms with van der Waals surface area (Å²) in [5.41, 5.74) is 4.20. The van der Waals surface area contributed by atoms with E-state index in [0.717, 1.165) is 22.4 Å². The predicted octanol–water partition coefficient (Wildman–Crippen LogP) is 2.98. The van der Waals surface area contributed by atoms with Gasteiger partial charge in [0.25, 0.3) is 5.91 Å². The number of aryl methyl sites for hydroxylation is 2. The van der Waals surface area contributed by atoms with Crippen LogP contribution in [0.1, 0.15) is 22.3 Å². The van der Waals surface area contributed by atoms with Gasteiger partial charge in [-0.05, 0) is 36.6 Å². The quantitative estimate of drug-likeness (QED) is 0.656. The molecule has 2 aromatic carbocycles. The smallest absolute Gasteiger partial charge is 0.273 e. The monoisotopic (exact) mass is 326 g/mol. The fourth-order valence-electron chi connectivity index (χ4n) is 2.22. The van der Waals surface area contributed by atoms with Crippen molar-refractivity contribution in [3.63, 3.8) is 0 Å². The van der Waals surface area contributed by atoms with Crippen LogP contribution >= 0.6 is 0 Å². The van der Waals surface area contributed by atoms with Crippen molar-refractivity contribution in [2.45, 2.75) is 20.5 Å². The molecule has 0 aliphatic rings. The molecule has 0 aliphatic heterocycles. The molecule has 2 aromatic rings. The Hall–Kier alpha value is -2.82. The maximum Gasteiger partial charge on any atom is 0.273 e. The van der Waals surface area contributed by atoms with Crippen LogP contribution in [0.3, 0.4) is 0 Å². The van der Waals surface area contributed by atoms with Crippen LogP contribution in [0.15, 0.2) is 47.6 Å². The number of carbonyl (C=O) groups excluding carboxylic acids is 1. The molecule has 0 radical (unpaired) electrons. The van der Waals surface area contributed by atoms with Gasteiger partial charge in [0.15, 0.2) is 5.71 Å². The van der Waals surface area contributed by atoms with Gasteiger partial charge in [-0.1, -0.05) is 41.6 Å². The Bertz CT molecular complexity index is 737. The van der Waals surface area contributed by atoms with Crippen molar-refractivity contribution < 1.29 is 14.4 Å². The third kappa shape index (κ3) is 4.35. The van der Waals surface area contributed by atoms with Gasteiger partial charge in [-0.25, -0.2) is 0 Å². The lowest BCUT2D eigenvalue weighted by molar-refractivity contribution is -0.114. The summed E-state index contributed by atoms with van der Waals surface area (Å²) in [5, 5.41) is 6.33. The van der Waals surface area contributed by atoms with Gasteiger partial charge in [-0.2, -0.15) is 0 Å². The second kappa shape index (κ2) is 8.15. The minimum absolute atomic E-state index is 0.238. The van der Waals surface area contributed by atoms with Gasteiger partial charge in [-0.15, -0.1) is 0 Å². The van der Waals surface area contributed by atoms with Gasteiger partial charge in [0.05, 0.1) is 0 Å². The maximum atomic E-state index is 11.8. The minimum Gasteiger partial charge on any atom is -0.489 e. The molecule has 0 spiro atoms. The van der Waals surface area contributed by atoms with Crippen LogP contribution < -0.4 is 10.1 Å². The molecule has 126 valence electrons. The molecule has 1 N–H and O–H groups in total. The van der Waals surface area contributed by atoms with Gasteiger partial charge in [0.1, 0.15) is 19.5 Å². The molecular weight excluding hydrogens is 304 g/mol. The van der Waals surface area contributed by atoms with Crippen molar-refractivity contribution in [3.8, 4) is 5.75 Å². The van der Waals surface area contributed by atoms with Gasteiger partial charge in [-0.3, -0.25) is 4.79 Å². The molecule has 5 nitrogen and oxygen atoms in total. The number of nitrogens with one attached hydrogen (secondary N) is 1. The topological polar surface area (TPSA) is 59.9 Å². The normalized spacial score (nSPS) is 11.1. The van der Waals surface area contributed by atoms with E-state index in [9.17, 15) is 4.79 Å². The molecule has 1 amide bonds. The summed E-state index contributed by atoms with van der Waals surface area (Å²) < 4.78 is 5.89. The SMILES string of the molecule is CNC(=O)/C(=N/OC)c1ccc(COc2cc(C)ccc2C)cc1. The van der Waals surface area contributed by atoms with Crippen molar-refractivity contribution in [1.82, 2.24) is 5.32 Å². The number of ether oxygens (including phenoxy) is 1. The lowest BCUT2D eigenvalue weighted by atomic mass is 10.1. The molecule has 0 saturated heterocycles. The molecular formula is C19H22N2O3. The fourth-order valence-corrected chi connectivity index (χ4v) is 2.22. The number of benzene rings is 2. The zero-order valence-electron chi connectivity index (χ0n) is 14.4. The van der Waals surface area contributed by atoms with E-state index in [0.29, 0.717) is 12.2 Å². The van der Waals surface area contributed by atoms with Crippen molar-refractivity contribution in [2.24, 2.45) is 5.16 Å². The van der Waals surface area contributed by atoms with Crippen LogP contribution in [0, 0.1) is 13.8 Å². The van der Waals surface area contributed by atoms with E-state index in [1.165, 1.54) is 7.11 Å². The van der Waals surface area contributed by atoms with E-state index in [1.54, 1.807) is 7.05 Å². The Morgan fingerprint density at radius 3 is 2.46 bits per heavy atom. The number of amides is 1. The molecule has 0 fully saturated rings. The first kappa shape index (κ1) is 17.5. The van der Waals surface area contributed by atoms with Crippen molar-refractivity contribution in [3.05, 3.63) is 64.7 Å². The molecule has 0 atom stereocenters. The summed E-state index contributed by atoms with van der Waals surface area (Å²) in [7, 11) is 2.97. The first-order valence-corrected chi connectivity index (χ1v) is 7.67. The highest BCUT2D eigenvalue weighted by molar-refractivity contribution is 6.45. The minimum atomic E-state index is -0.295. The van der Waals surface area contributed by atoms with E-state index < -0.39 is 0 Å². The summed E-state index contributed by atoms with van der Waals surface area (Å²) in [6.45, 7) is 4.52. The summed E-state index contributed by atoms with van der Waals surface area (Å²) >= 11 is 0. The van der Waals surface area contributed by atoms with E-state index >= 15 is 0 Å². The molecule has 0 aromatic heterocycles. The van der Waals surface area contributed by atoms with Gasteiger partial charge in [0.2, 0.25) is 0 Å². The Balaban J connectivity index is 2.10. The first-order chi connectivity index (χ1) is 11.5. The van der Waals surface area contributed by atoms with E-state index in [-0.39, 0.29) is 11.6 Å². The average Bonchev–Trinajstić information content (AvgIpc) is 2.60. The highest BCUT2D eigenvalue weighted by Gasteiger charge is 2.13. The van der Waals surface area contributed by atoms with Gasteiger partial charge >= 0.3 is 0 Å². The zero-order chi connectivity index (χ0) is 17.5. The summed E-state index contributed by atoms with van der Waals surface area (Å²) in [6.07, 6.45) is 0. The second-order valence-electron chi connectivity index (χ2n) is 5.46. The van der Waals surface area contributed by atoms with Crippen LogP contribution in [0.2, 0.25) is 0 Å². The molecule has 0 aliphatic carbocycles. The lowest BCUT2D eigenvalue weighted by Gasteiger charge is -2.11. The number of rotatable bonds is 6. The molecule has 0 bridgehead atoms. The predicted molar refractivity (Wildman–Crippen MR) is 94.3 cm³/mol. The number of hydrogen-bond acceptors (Lipinski definition) is 4. The van der Waals surface area contributed by atoms with Crippen molar-refractivity contribution >= 4 is 11.6 Å². The van der Waals surface area contributed by atoms with E-state index in [1.807, 2.05) is 50.2 Å². The highest BCUT2D eigenvalue weighted by Crippen LogP contribution is 2.20. The van der Waals surface area contributed by atoms with Crippen LogP contribution in [-0.4, -0.2) is 25.8 Å². The molecule has 0 unspecified atom stereocenters. The highest BCUT2D eigenvalue weighted by atomic mass is 16.6. The molecule has 2 rings (SSSR count). The largest absolute Gasteiger partial charge is 0.489 e. The Morgan fingerprint density at radius 1 is 1.12 bits per heavy atom. The second-order valence-corrected chi connectivity index (χ2v) is 5.46. The summed E-state index contributed by atoms with van der Waals surface area (Å²) in [6, 6.07) is 13.6. The first-order valence-electron chi connectivity index (χ1n) is 7.67. The van der Waals surface area contributed by atoms with Crippen LogP contribution in [0.5, 0.6) is 5.75 Å². The van der Waals surface area contributed by atoms with Gasteiger partial charge < -0.3 is 14.9 Å². The molecule has 0 saturated carbocycles. The summed E-state index contributed by atoms with van der Waals surface area (Å²) in [4.78, 5) is 16.6. The van der Waals surface area contributed by atoms with Crippen LogP contribution in [-0.2, 0) is 16.2 Å². The molecule has 24 heavy (non-hydrogen) atoms.